The number of aliphatic hydroxyl groups is 1. The molecule has 0 aromatic carbocycles. The second-order valence-electron chi connectivity index (χ2n) is 2.04. The van der Waals surface area contributed by atoms with Crippen molar-refractivity contribution in [2.24, 2.45) is 0 Å². The van der Waals surface area contributed by atoms with Crippen molar-refractivity contribution in [2.45, 2.75) is 6.61 Å². The predicted molar refractivity (Wildman–Crippen MR) is 41.1 cm³/mol. The van der Waals surface area contributed by atoms with Gasteiger partial charge in [0.2, 0.25) is 0 Å². The molecule has 1 heterocycles. The Labute approximate surface area is 70.0 Å². The van der Waals surface area contributed by atoms with Gasteiger partial charge in [-0.3, -0.25) is 0 Å². The highest BCUT2D eigenvalue weighted by Crippen LogP contribution is 2.19. The Morgan fingerprint density at radius 2 is 2.00 bits per heavy atom. The number of aromatic nitrogens is 2. The highest BCUT2D eigenvalue weighted by atomic mass is 16.5. The van der Waals surface area contributed by atoms with Crippen molar-refractivity contribution in [1.82, 2.24) is 9.97 Å². The first-order chi connectivity index (χ1) is 5.81. The van der Waals surface area contributed by atoms with Gasteiger partial charge in [-0.2, -0.15) is 0 Å². The molecule has 0 saturated heterocycles. The zero-order chi connectivity index (χ0) is 8.97. The minimum atomic E-state index is -0.159. The third kappa shape index (κ3) is 1.62. The van der Waals surface area contributed by atoms with Crippen LogP contribution in [0.5, 0.6) is 11.8 Å². The summed E-state index contributed by atoms with van der Waals surface area (Å²) in [5.41, 5.74) is 0.452. The van der Waals surface area contributed by atoms with Crippen molar-refractivity contribution in [3.8, 4) is 11.8 Å². The lowest BCUT2D eigenvalue weighted by molar-refractivity contribution is 0.270. The van der Waals surface area contributed by atoms with Gasteiger partial charge in [-0.25, -0.2) is 9.97 Å². The maximum Gasteiger partial charge on any atom is 0.278 e. The van der Waals surface area contributed by atoms with Crippen LogP contribution in [0.15, 0.2) is 6.20 Å². The zero-order valence-corrected chi connectivity index (χ0v) is 6.94. The van der Waals surface area contributed by atoms with Crippen molar-refractivity contribution in [1.29, 1.82) is 0 Å². The maximum atomic E-state index is 8.72. The Bertz CT molecular complexity index is 265. The molecule has 12 heavy (non-hydrogen) atoms. The lowest BCUT2D eigenvalue weighted by Crippen LogP contribution is -1.99. The molecular weight excluding hydrogens is 160 g/mol. The highest BCUT2D eigenvalue weighted by molar-refractivity contribution is 5.25. The molecule has 0 aliphatic heterocycles. The molecule has 5 nitrogen and oxygen atoms in total. The van der Waals surface area contributed by atoms with Crippen molar-refractivity contribution in [2.75, 3.05) is 14.2 Å². The standard InChI is InChI=1S/C7H10N2O3/c1-11-6-7(12-2)9-5(4-10)3-8-6/h3,10H,4H2,1-2H3. The van der Waals surface area contributed by atoms with Crippen LogP contribution in [0.3, 0.4) is 0 Å². The van der Waals surface area contributed by atoms with E-state index in [2.05, 4.69) is 9.97 Å². The van der Waals surface area contributed by atoms with Crippen molar-refractivity contribution < 1.29 is 14.6 Å². The van der Waals surface area contributed by atoms with Crippen LogP contribution in [0.2, 0.25) is 0 Å². The van der Waals surface area contributed by atoms with Gasteiger partial charge in [0, 0.05) is 0 Å². The fraction of sp³-hybridized carbons (Fsp3) is 0.429. The first-order valence-corrected chi connectivity index (χ1v) is 3.36. The minimum absolute atomic E-state index is 0.159. The first kappa shape index (κ1) is 8.73. The number of aliphatic hydroxyl groups excluding tert-OH is 1. The number of nitrogens with zero attached hydrogens (tertiary/aromatic N) is 2. The summed E-state index contributed by atoms with van der Waals surface area (Å²) in [4.78, 5) is 7.79. The number of hydrogen-bond acceptors (Lipinski definition) is 5. The van der Waals surface area contributed by atoms with Crippen LogP contribution in [0, 0.1) is 0 Å². The van der Waals surface area contributed by atoms with Crippen LogP contribution < -0.4 is 9.47 Å². The summed E-state index contributed by atoms with van der Waals surface area (Å²) in [6.07, 6.45) is 1.43. The van der Waals surface area contributed by atoms with Gasteiger partial charge in [0.15, 0.2) is 0 Å². The Morgan fingerprint density at radius 1 is 1.33 bits per heavy atom. The van der Waals surface area contributed by atoms with Gasteiger partial charge in [-0.05, 0) is 0 Å². The average molecular weight is 170 g/mol. The topological polar surface area (TPSA) is 64.5 Å². The number of ether oxygens (including phenoxy) is 2. The molecule has 66 valence electrons. The van der Waals surface area contributed by atoms with Crippen molar-refractivity contribution >= 4 is 0 Å². The van der Waals surface area contributed by atoms with Crippen LogP contribution in [0.4, 0.5) is 0 Å². The molecular formula is C7H10N2O3. The van der Waals surface area contributed by atoms with Gasteiger partial charge in [0.25, 0.3) is 11.8 Å². The van der Waals surface area contributed by atoms with E-state index in [0.717, 1.165) is 0 Å². The molecule has 1 N–H and O–H groups in total. The molecule has 0 saturated carbocycles. The van der Waals surface area contributed by atoms with E-state index in [1.165, 1.54) is 20.4 Å². The first-order valence-electron chi connectivity index (χ1n) is 3.36. The summed E-state index contributed by atoms with van der Waals surface area (Å²) in [5, 5.41) is 8.72. The third-order valence-corrected chi connectivity index (χ3v) is 1.31. The van der Waals surface area contributed by atoms with E-state index in [9.17, 15) is 0 Å². The molecule has 0 aliphatic rings. The van der Waals surface area contributed by atoms with Crippen molar-refractivity contribution in [3.63, 3.8) is 0 Å². The molecule has 0 amide bonds. The minimum Gasteiger partial charge on any atom is -0.477 e. The molecule has 0 aliphatic carbocycles. The van der Waals surface area contributed by atoms with Crippen LogP contribution in [-0.2, 0) is 6.61 Å². The molecule has 1 aromatic rings. The Hall–Kier alpha value is -1.36. The quantitative estimate of drug-likeness (QED) is 0.691. The van der Waals surface area contributed by atoms with Gasteiger partial charge in [0.1, 0.15) is 0 Å². The molecule has 0 bridgehead atoms. The fourth-order valence-corrected chi connectivity index (χ4v) is 0.745. The van der Waals surface area contributed by atoms with E-state index >= 15 is 0 Å². The van der Waals surface area contributed by atoms with Gasteiger partial charge >= 0.3 is 0 Å². The Kier molecular flexibility index (Phi) is 2.82. The van der Waals surface area contributed by atoms with E-state index in [-0.39, 0.29) is 12.5 Å². The Morgan fingerprint density at radius 3 is 2.50 bits per heavy atom. The zero-order valence-electron chi connectivity index (χ0n) is 6.94. The maximum absolute atomic E-state index is 8.72. The van der Waals surface area contributed by atoms with E-state index in [0.29, 0.717) is 11.6 Å². The van der Waals surface area contributed by atoms with Crippen molar-refractivity contribution in [3.05, 3.63) is 11.9 Å². The summed E-state index contributed by atoms with van der Waals surface area (Å²) in [6, 6.07) is 0. The van der Waals surface area contributed by atoms with Crippen LogP contribution in [0.25, 0.3) is 0 Å². The third-order valence-electron chi connectivity index (χ3n) is 1.31. The molecule has 0 radical (unpaired) electrons. The number of methoxy groups -OCH3 is 2. The van der Waals surface area contributed by atoms with E-state index in [1.54, 1.807) is 0 Å². The van der Waals surface area contributed by atoms with E-state index in [4.69, 9.17) is 14.6 Å². The van der Waals surface area contributed by atoms with Crippen LogP contribution in [-0.4, -0.2) is 29.3 Å². The van der Waals surface area contributed by atoms with Crippen LogP contribution >= 0.6 is 0 Å². The lowest BCUT2D eigenvalue weighted by atomic mass is 10.5. The number of rotatable bonds is 3. The molecule has 0 unspecified atom stereocenters. The Balaban J connectivity index is 3.02. The molecule has 0 spiro atoms. The SMILES string of the molecule is COc1ncc(CO)nc1OC. The molecule has 1 aromatic heterocycles. The largest absolute Gasteiger partial charge is 0.477 e. The van der Waals surface area contributed by atoms with E-state index in [1.807, 2.05) is 0 Å². The highest BCUT2D eigenvalue weighted by Gasteiger charge is 2.06. The van der Waals surface area contributed by atoms with Gasteiger partial charge < -0.3 is 14.6 Å². The smallest absolute Gasteiger partial charge is 0.278 e. The van der Waals surface area contributed by atoms with Gasteiger partial charge in [-0.15, -0.1) is 0 Å². The molecule has 1 rings (SSSR count). The van der Waals surface area contributed by atoms with E-state index < -0.39 is 0 Å². The second kappa shape index (κ2) is 3.87. The molecule has 5 heteroatoms. The second-order valence-corrected chi connectivity index (χ2v) is 2.04. The summed E-state index contributed by atoms with van der Waals surface area (Å²) < 4.78 is 9.72. The molecule has 0 atom stereocenters. The fourth-order valence-electron chi connectivity index (χ4n) is 0.745. The summed E-state index contributed by atoms with van der Waals surface area (Å²) in [6.45, 7) is -0.159. The van der Waals surface area contributed by atoms with Gasteiger partial charge in [0.05, 0.1) is 32.7 Å². The summed E-state index contributed by atoms with van der Waals surface area (Å²) in [7, 11) is 2.94. The summed E-state index contributed by atoms with van der Waals surface area (Å²) in [5.74, 6) is 0.596. The molecule has 0 fully saturated rings. The number of hydrogen-bond donors (Lipinski definition) is 1. The average Bonchev–Trinajstić information content (AvgIpc) is 2.16. The van der Waals surface area contributed by atoms with Gasteiger partial charge in [-0.1, -0.05) is 0 Å². The summed E-state index contributed by atoms with van der Waals surface area (Å²) >= 11 is 0. The lowest BCUT2D eigenvalue weighted by Gasteiger charge is -2.04. The predicted octanol–water partition coefficient (Wildman–Crippen LogP) is -0.0139. The normalized spacial score (nSPS) is 9.58. The van der Waals surface area contributed by atoms with Crippen LogP contribution in [0.1, 0.15) is 5.69 Å². The monoisotopic (exact) mass is 170 g/mol.